The van der Waals surface area contributed by atoms with Gasteiger partial charge in [-0.25, -0.2) is 4.57 Å². The second-order valence-electron chi connectivity index (χ2n) is 16.9. The van der Waals surface area contributed by atoms with Crippen molar-refractivity contribution in [3.05, 3.63) is 60.8 Å². The Morgan fingerprint density at radius 2 is 0.966 bits per heavy atom. The van der Waals surface area contributed by atoms with Crippen molar-refractivity contribution >= 4 is 19.8 Å². The van der Waals surface area contributed by atoms with E-state index >= 15 is 0 Å². The number of phosphoric acid groups is 1. The number of ether oxygens (including phenoxy) is 2. The first-order chi connectivity index (χ1) is 28.5. The van der Waals surface area contributed by atoms with Gasteiger partial charge in [-0.05, 0) is 25.7 Å². The molecule has 0 aliphatic rings. The molecule has 0 aliphatic heterocycles. The summed E-state index contributed by atoms with van der Waals surface area (Å²) in [6.45, 7) is 4.20. The molecule has 0 bridgehead atoms. The maximum Gasteiger partial charge on any atom is 0.472 e. The zero-order chi connectivity index (χ0) is 43.6. The van der Waals surface area contributed by atoms with Crippen LogP contribution in [0.2, 0.25) is 0 Å². The molecule has 1 N–H and O–H groups in total. The van der Waals surface area contributed by atoms with Crippen molar-refractivity contribution in [2.24, 2.45) is 0 Å². The van der Waals surface area contributed by atoms with Gasteiger partial charge in [-0.1, -0.05) is 209 Å². The van der Waals surface area contributed by atoms with E-state index < -0.39 is 26.5 Å². The summed E-state index contributed by atoms with van der Waals surface area (Å²) in [6, 6.07) is 0. The molecular formula is C49H89NO8P+. The second kappa shape index (κ2) is 41.1. The lowest BCUT2D eigenvalue weighted by Crippen LogP contribution is -2.37. The molecule has 9 nitrogen and oxygen atoms in total. The van der Waals surface area contributed by atoms with Crippen LogP contribution in [0.1, 0.15) is 187 Å². The van der Waals surface area contributed by atoms with E-state index in [2.05, 4.69) is 19.9 Å². The number of allylic oxidation sites excluding steroid dienone is 10. The first-order valence-electron chi connectivity index (χ1n) is 23.6. The number of esters is 2. The number of nitrogens with zero attached hydrogens (tertiary/aromatic N) is 1. The highest BCUT2D eigenvalue weighted by Crippen LogP contribution is 2.43. The topological polar surface area (TPSA) is 108 Å². The Hall–Kier alpha value is -2.29. The van der Waals surface area contributed by atoms with Crippen molar-refractivity contribution in [3.63, 3.8) is 0 Å². The van der Waals surface area contributed by atoms with Gasteiger partial charge in [0.05, 0.1) is 27.7 Å². The van der Waals surface area contributed by atoms with Crippen LogP contribution in [0.15, 0.2) is 60.8 Å². The summed E-state index contributed by atoms with van der Waals surface area (Å²) in [7, 11) is 1.43. The van der Waals surface area contributed by atoms with Crippen LogP contribution in [0, 0.1) is 0 Å². The first-order valence-corrected chi connectivity index (χ1v) is 25.1. The highest BCUT2D eigenvalue weighted by molar-refractivity contribution is 7.47. The summed E-state index contributed by atoms with van der Waals surface area (Å²) in [4.78, 5) is 35.4. The van der Waals surface area contributed by atoms with Crippen molar-refractivity contribution in [1.29, 1.82) is 0 Å². The van der Waals surface area contributed by atoms with Crippen LogP contribution in [-0.4, -0.2) is 74.9 Å². The third-order valence-electron chi connectivity index (χ3n) is 9.94. The van der Waals surface area contributed by atoms with Crippen molar-refractivity contribution in [1.82, 2.24) is 0 Å². The van der Waals surface area contributed by atoms with E-state index in [9.17, 15) is 19.0 Å². The van der Waals surface area contributed by atoms with Crippen molar-refractivity contribution < 1.29 is 42.1 Å². The van der Waals surface area contributed by atoms with Gasteiger partial charge >= 0.3 is 19.8 Å². The number of unbranched alkanes of at least 4 members (excludes halogenated alkanes) is 22. The number of hydrogen-bond acceptors (Lipinski definition) is 7. The predicted molar refractivity (Wildman–Crippen MR) is 247 cm³/mol. The highest BCUT2D eigenvalue weighted by atomic mass is 31.2. The molecule has 2 unspecified atom stereocenters. The summed E-state index contributed by atoms with van der Waals surface area (Å²) in [5.74, 6) is -0.883. The fourth-order valence-corrected chi connectivity index (χ4v) is 7.02. The third kappa shape index (κ3) is 45.1. The largest absolute Gasteiger partial charge is 0.472 e. The number of rotatable bonds is 42. The van der Waals surface area contributed by atoms with Crippen molar-refractivity contribution in [2.45, 2.75) is 193 Å². The lowest BCUT2D eigenvalue weighted by molar-refractivity contribution is -0.870. The van der Waals surface area contributed by atoms with Gasteiger partial charge in [0, 0.05) is 12.8 Å². The van der Waals surface area contributed by atoms with E-state index in [0.717, 1.165) is 25.7 Å². The number of phosphoric ester groups is 1. The first kappa shape index (κ1) is 56.7. The number of carbonyl (C=O) groups excluding carboxylic acids is 2. The van der Waals surface area contributed by atoms with Crippen molar-refractivity contribution in [3.8, 4) is 0 Å². The minimum absolute atomic E-state index is 0.0168. The van der Waals surface area contributed by atoms with Crippen molar-refractivity contribution in [2.75, 3.05) is 47.5 Å². The summed E-state index contributed by atoms with van der Waals surface area (Å²) in [5.41, 5.74) is 0. The Morgan fingerprint density at radius 3 is 1.42 bits per heavy atom. The van der Waals surface area contributed by atoms with E-state index in [0.29, 0.717) is 23.9 Å². The van der Waals surface area contributed by atoms with E-state index in [4.69, 9.17) is 18.5 Å². The lowest BCUT2D eigenvalue weighted by atomic mass is 10.0. The van der Waals surface area contributed by atoms with Gasteiger partial charge in [0.2, 0.25) is 0 Å². The molecule has 59 heavy (non-hydrogen) atoms. The highest BCUT2D eigenvalue weighted by Gasteiger charge is 2.27. The molecule has 0 aromatic rings. The molecule has 0 spiro atoms. The van der Waals surface area contributed by atoms with Crippen LogP contribution in [0.5, 0.6) is 0 Å². The second-order valence-corrected chi connectivity index (χ2v) is 18.3. The predicted octanol–water partition coefficient (Wildman–Crippen LogP) is 13.6. The SMILES string of the molecule is CC/C=C/C=C/C=C/C=C/C=C/CCCC(=O)OC(COC(=O)CCCCCCCCCCCCCCCCCCCCCCCC)COP(=O)(O)OCC[N+](C)(C)C. The maximum absolute atomic E-state index is 12.6. The zero-order valence-electron chi connectivity index (χ0n) is 38.5. The van der Waals surface area contributed by atoms with Crippen LogP contribution < -0.4 is 0 Å². The molecular weight excluding hydrogens is 762 g/mol. The van der Waals surface area contributed by atoms with E-state index in [1.165, 1.54) is 122 Å². The number of hydrogen-bond donors (Lipinski definition) is 1. The molecule has 2 atom stereocenters. The Kier molecular flexibility index (Phi) is 39.5. The number of quaternary nitrogens is 1. The van der Waals surface area contributed by atoms with Crippen LogP contribution in [0.4, 0.5) is 0 Å². The van der Waals surface area contributed by atoms with E-state index in [1.54, 1.807) is 0 Å². The number of likely N-dealkylation sites (N-methyl/N-ethyl adjacent to an activating group) is 1. The van der Waals surface area contributed by atoms with Crippen LogP contribution in [-0.2, 0) is 32.7 Å². The van der Waals surface area contributed by atoms with Crippen LogP contribution in [0.25, 0.3) is 0 Å². The molecule has 0 fully saturated rings. The lowest BCUT2D eigenvalue weighted by Gasteiger charge is -2.24. The smallest absolute Gasteiger partial charge is 0.462 e. The molecule has 0 rings (SSSR count). The van der Waals surface area contributed by atoms with Gasteiger partial charge in [0.15, 0.2) is 6.10 Å². The van der Waals surface area contributed by atoms with E-state index in [1.807, 2.05) is 75.8 Å². The van der Waals surface area contributed by atoms with Gasteiger partial charge in [-0.15, -0.1) is 0 Å². The summed E-state index contributed by atoms with van der Waals surface area (Å²) in [5, 5.41) is 0. The standard InChI is InChI=1S/C49H88NO8P/c1-6-8-10-12-14-16-18-20-21-22-23-24-25-26-27-28-30-31-33-35-37-39-41-48(51)55-45-47(46-57-59(53,54)56-44-43-50(3,4)5)58-49(52)42-40-38-36-34-32-29-19-17-15-13-11-9-7-2/h9,11,13,15,17,19,29,32,34,36,47H,6-8,10,12,14,16,18,20-28,30-31,33,35,37-46H2,1-5H3/p+1/b11-9+,15-13+,19-17+,32-29+,36-34+. The normalized spacial score (nSPS) is 14.1. The molecule has 0 saturated heterocycles. The zero-order valence-corrected chi connectivity index (χ0v) is 39.4. The molecule has 342 valence electrons. The molecule has 0 radical (unpaired) electrons. The molecule has 0 aromatic heterocycles. The summed E-state index contributed by atoms with van der Waals surface area (Å²) < 4.78 is 34.2. The molecule has 0 amide bonds. The third-order valence-corrected chi connectivity index (χ3v) is 10.9. The Labute approximate surface area is 362 Å². The Morgan fingerprint density at radius 1 is 0.542 bits per heavy atom. The average Bonchev–Trinajstić information content (AvgIpc) is 3.19. The minimum atomic E-state index is -4.40. The molecule has 0 aromatic carbocycles. The van der Waals surface area contributed by atoms with Gasteiger partial charge in [0.25, 0.3) is 0 Å². The minimum Gasteiger partial charge on any atom is -0.462 e. The fourth-order valence-electron chi connectivity index (χ4n) is 6.28. The Bertz CT molecular complexity index is 1190. The number of carbonyl (C=O) groups is 2. The monoisotopic (exact) mass is 851 g/mol. The molecule has 0 heterocycles. The van der Waals surface area contributed by atoms with Gasteiger partial charge in [-0.3, -0.25) is 18.6 Å². The van der Waals surface area contributed by atoms with Gasteiger partial charge in [0.1, 0.15) is 19.8 Å². The average molecular weight is 851 g/mol. The maximum atomic E-state index is 12.6. The fraction of sp³-hybridized carbons (Fsp3) is 0.755. The molecule has 0 saturated carbocycles. The van der Waals surface area contributed by atoms with E-state index in [-0.39, 0.29) is 32.0 Å². The van der Waals surface area contributed by atoms with Crippen LogP contribution >= 0.6 is 7.82 Å². The summed E-state index contributed by atoms with van der Waals surface area (Å²) >= 11 is 0. The van der Waals surface area contributed by atoms with Gasteiger partial charge < -0.3 is 18.9 Å². The van der Waals surface area contributed by atoms with Gasteiger partial charge in [-0.2, -0.15) is 0 Å². The molecule has 0 aliphatic carbocycles. The van der Waals surface area contributed by atoms with Crippen LogP contribution in [0.3, 0.4) is 0 Å². The molecule has 10 heteroatoms. The summed E-state index contributed by atoms with van der Waals surface area (Å²) in [6.07, 6.45) is 50.1. The quantitative estimate of drug-likeness (QED) is 0.0213. The Balaban J connectivity index is 4.28.